The molecule has 0 bridgehead atoms. The monoisotopic (exact) mass is 339 g/mol. The third-order valence-electron chi connectivity index (χ3n) is 5.01. The lowest BCUT2D eigenvalue weighted by atomic mass is 9.95. The fourth-order valence-electron chi connectivity index (χ4n) is 3.77. The average Bonchev–Trinajstić information content (AvgIpc) is 3.13. The van der Waals surface area contributed by atoms with Crippen LogP contribution in [-0.4, -0.2) is 0 Å². The van der Waals surface area contributed by atoms with Crippen LogP contribution in [0, 0.1) is 0 Å². The zero-order chi connectivity index (χ0) is 17.5. The lowest BCUT2D eigenvalue weighted by molar-refractivity contribution is 0.482. The summed E-state index contributed by atoms with van der Waals surface area (Å²) in [5, 5.41) is 4.12. The highest BCUT2D eigenvalue weighted by Crippen LogP contribution is 2.36. The molecule has 0 saturated heterocycles. The quantitative estimate of drug-likeness (QED) is 0.578. The minimum atomic E-state index is -0.126. The van der Waals surface area contributed by atoms with Gasteiger partial charge in [0.1, 0.15) is 11.3 Å². The van der Waals surface area contributed by atoms with Gasteiger partial charge in [-0.2, -0.15) is 0 Å². The third-order valence-corrected chi connectivity index (χ3v) is 5.01. The predicted octanol–water partition coefficient (Wildman–Crippen LogP) is 4.65. The van der Waals surface area contributed by atoms with Gasteiger partial charge in [-0.3, -0.25) is 10.1 Å². The van der Waals surface area contributed by atoms with Gasteiger partial charge < -0.3 is 4.42 Å². The SMILES string of the molecule is O=c1c(-c2ccccc2)c(C2NCc3ccccc32)oc2ccccc12. The Kier molecular flexibility index (Phi) is 3.47. The van der Waals surface area contributed by atoms with Gasteiger partial charge in [-0.05, 0) is 28.8 Å². The van der Waals surface area contributed by atoms with Crippen molar-refractivity contribution in [1.29, 1.82) is 0 Å². The minimum Gasteiger partial charge on any atom is -0.458 e. The Morgan fingerprint density at radius 3 is 2.46 bits per heavy atom. The van der Waals surface area contributed by atoms with E-state index in [1.54, 1.807) is 0 Å². The Balaban J connectivity index is 1.84. The summed E-state index contributed by atoms with van der Waals surface area (Å²) < 4.78 is 6.31. The molecule has 0 saturated carbocycles. The van der Waals surface area contributed by atoms with Crippen molar-refractivity contribution in [2.24, 2.45) is 0 Å². The van der Waals surface area contributed by atoms with Crippen molar-refractivity contribution in [1.82, 2.24) is 5.32 Å². The first-order valence-corrected chi connectivity index (χ1v) is 8.75. The topological polar surface area (TPSA) is 42.2 Å². The van der Waals surface area contributed by atoms with Crippen molar-refractivity contribution in [2.45, 2.75) is 12.6 Å². The highest BCUT2D eigenvalue weighted by atomic mass is 16.3. The van der Waals surface area contributed by atoms with E-state index in [0.29, 0.717) is 22.3 Å². The molecule has 1 aliphatic heterocycles. The molecule has 126 valence electrons. The molecule has 1 atom stereocenters. The molecule has 26 heavy (non-hydrogen) atoms. The molecule has 1 N–H and O–H groups in total. The van der Waals surface area contributed by atoms with E-state index in [-0.39, 0.29) is 11.5 Å². The van der Waals surface area contributed by atoms with Gasteiger partial charge in [0.25, 0.3) is 0 Å². The molecule has 0 radical (unpaired) electrons. The lowest BCUT2D eigenvalue weighted by Gasteiger charge is -2.16. The van der Waals surface area contributed by atoms with E-state index in [1.807, 2.05) is 66.7 Å². The summed E-state index contributed by atoms with van der Waals surface area (Å²) in [6.45, 7) is 0.769. The molecule has 3 heteroatoms. The number of benzene rings is 3. The summed E-state index contributed by atoms with van der Waals surface area (Å²) in [5.74, 6) is 0.685. The Labute approximate surface area is 150 Å². The second-order valence-electron chi connectivity index (χ2n) is 6.55. The van der Waals surface area contributed by atoms with Crippen LogP contribution < -0.4 is 10.7 Å². The highest BCUT2D eigenvalue weighted by Gasteiger charge is 2.29. The Morgan fingerprint density at radius 2 is 1.58 bits per heavy atom. The predicted molar refractivity (Wildman–Crippen MR) is 103 cm³/mol. The van der Waals surface area contributed by atoms with Crippen molar-refractivity contribution in [3.63, 3.8) is 0 Å². The van der Waals surface area contributed by atoms with Crippen LogP contribution in [0.3, 0.4) is 0 Å². The number of para-hydroxylation sites is 1. The number of hydrogen-bond acceptors (Lipinski definition) is 3. The van der Waals surface area contributed by atoms with Gasteiger partial charge in [-0.25, -0.2) is 0 Å². The normalized spacial score (nSPS) is 15.9. The van der Waals surface area contributed by atoms with Crippen LogP contribution >= 0.6 is 0 Å². The van der Waals surface area contributed by atoms with Gasteiger partial charge in [0.2, 0.25) is 5.43 Å². The molecule has 1 unspecified atom stereocenters. The molecule has 3 nitrogen and oxygen atoms in total. The molecule has 2 heterocycles. The molecule has 5 rings (SSSR count). The minimum absolute atomic E-state index is 0.0132. The Bertz CT molecular complexity index is 1160. The van der Waals surface area contributed by atoms with Gasteiger partial charge in [-0.1, -0.05) is 66.7 Å². The molecule has 0 amide bonds. The molecule has 0 aliphatic carbocycles. The van der Waals surface area contributed by atoms with Crippen molar-refractivity contribution in [3.8, 4) is 11.1 Å². The zero-order valence-corrected chi connectivity index (χ0v) is 14.1. The average molecular weight is 339 g/mol. The summed E-state index contributed by atoms with van der Waals surface area (Å²) in [6, 6.07) is 25.4. The third kappa shape index (κ3) is 2.29. The molecule has 0 fully saturated rings. The van der Waals surface area contributed by atoms with Crippen LogP contribution in [0.2, 0.25) is 0 Å². The summed E-state index contributed by atoms with van der Waals surface area (Å²) in [4.78, 5) is 13.3. The smallest absolute Gasteiger partial charge is 0.200 e. The maximum atomic E-state index is 13.3. The molecule has 3 aromatic carbocycles. The highest BCUT2D eigenvalue weighted by molar-refractivity contribution is 5.83. The molecule has 4 aromatic rings. The van der Waals surface area contributed by atoms with E-state index >= 15 is 0 Å². The first-order chi connectivity index (χ1) is 12.8. The Morgan fingerprint density at radius 1 is 0.846 bits per heavy atom. The van der Waals surface area contributed by atoms with Gasteiger partial charge in [0.05, 0.1) is 17.0 Å². The van der Waals surface area contributed by atoms with Gasteiger partial charge in [-0.15, -0.1) is 0 Å². The second-order valence-corrected chi connectivity index (χ2v) is 6.55. The number of nitrogens with one attached hydrogen (secondary N) is 1. The fourth-order valence-corrected chi connectivity index (χ4v) is 3.77. The van der Waals surface area contributed by atoms with Gasteiger partial charge in [0, 0.05) is 6.54 Å². The van der Waals surface area contributed by atoms with E-state index in [0.717, 1.165) is 12.1 Å². The fraction of sp³-hybridized carbons (Fsp3) is 0.0870. The van der Waals surface area contributed by atoms with Crippen LogP contribution in [0.1, 0.15) is 22.9 Å². The van der Waals surface area contributed by atoms with Crippen LogP contribution in [0.4, 0.5) is 0 Å². The largest absolute Gasteiger partial charge is 0.458 e. The van der Waals surface area contributed by atoms with E-state index in [9.17, 15) is 4.79 Å². The van der Waals surface area contributed by atoms with Gasteiger partial charge in [0.15, 0.2) is 0 Å². The first-order valence-electron chi connectivity index (χ1n) is 8.75. The number of fused-ring (bicyclic) bond motifs is 2. The maximum absolute atomic E-state index is 13.3. The molecule has 0 spiro atoms. The number of rotatable bonds is 2. The standard InChI is InChI=1S/C23H17NO2/c25-22-18-12-6-7-13-19(18)26-23(20(22)15-8-2-1-3-9-15)21-17-11-5-4-10-16(17)14-24-21/h1-13,21,24H,14H2. The van der Waals surface area contributed by atoms with Crippen LogP contribution in [0.15, 0.2) is 88.1 Å². The molecule has 1 aliphatic rings. The second kappa shape index (κ2) is 5.97. The van der Waals surface area contributed by atoms with Crippen molar-refractivity contribution < 1.29 is 4.42 Å². The lowest BCUT2D eigenvalue weighted by Crippen LogP contribution is -2.18. The number of hydrogen-bond donors (Lipinski definition) is 1. The van der Waals surface area contributed by atoms with Crippen LogP contribution in [0.25, 0.3) is 22.1 Å². The van der Waals surface area contributed by atoms with E-state index in [2.05, 4.69) is 17.4 Å². The van der Waals surface area contributed by atoms with E-state index < -0.39 is 0 Å². The first kappa shape index (κ1) is 15.1. The van der Waals surface area contributed by atoms with E-state index in [1.165, 1.54) is 11.1 Å². The Hall–Kier alpha value is -3.17. The molecular weight excluding hydrogens is 322 g/mol. The summed E-state index contributed by atoms with van der Waals surface area (Å²) in [5.41, 5.74) is 4.57. The summed E-state index contributed by atoms with van der Waals surface area (Å²) in [6.07, 6.45) is 0. The maximum Gasteiger partial charge on any atom is 0.200 e. The van der Waals surface area contributed by atoms with Crippen molar-refractivity contribution in [2.75, 3.05) is 0 Å². The summed E-state index contributed by atoms with van der Waals surface area (Å²) in [7, 11) is 0. The molecule has 1 aromatic heterocycles. The van der Waals surface area contributed by atoms with Crippen LogP contribution in [0.5, 0.6) is 0 Å². The zero-order valence-electron chi connectivity index (χ0n) is 14.1. The van der Waals surface area contributed by atoms with Gasteiger partial charge >= 0.3 is 0 Å². The van der Waals surface area contributed by atoms with Crippen LogP contribution in [-0.2, 0) is 6.54 Å². The molecular formula is C23H17NO2. The van der Waals surface area contributed by atoms with Crippen molar-refractivity contribution in [3.05, 3.63) is 106 Å². The van der Waals surface area contributed by atoms with Crippen molar-refractivity contribution >= 4 is 11.0 Å². The van der Waals surface area contributed by atoms with E-state index in [4.69, 9.17) is 4.42 Å². The summed E-state index contributed by atoms with van der Waals surface area (Å²) >= 11 is 0.